The number of rotatable bonds is 4. The number of pyridine rings is 1. The summed E-state index contributed by atoms with van der Waals surface area (Å²) in [5.41, 5.74) is 4.04. The van der Waals surface area contributed by atoms with Gasteiger partial charge in [-0.15, -0.1) is 0 Å². The van der Waals surface area contributed by atoms with Crippen molar-refractivity contribution < 1.29 is 9.53 Å². The van der Waals surface area contributed by atoms with E-state index in [0.29, 0.717) is 11.3 Å². The van der Waals surface area contributed by atoms with Crippen LogP contribution in [0.1, 0.15) is 47.1 Å². The number of fused-ring (bicyclic) bond motifs is 1. The molecule has 24 heavy (non-hydrogen) atoms. The van der Waals surface area contributed by atoms with Crippen LogP contribution in [0.3, 0.4) is 0 Å². The minimum atomic E-state index is -0.360. The van der Waals surface area contributed by atoms with Crippen molar-refractivity contribution in [3.63, 3.8) is 0 Å². The number of ether oxygens (including phenoxy) is 1. The van der Waals surface area contributed by atoms with Gasteiger partial charge in [0.25, 0.3) is 0 Å². The third kappa shape index (κ3) is 3.15. The SMILES string of the molecule is Cc1cccc(COC(=O)c2cc3cnn(C(C)C)c3nc2C)c1. The number of benzene rings is 1. The predicted octanol–water partition coefficient (Wildman–Crippen LogP) is 3.99. The van der Waals surface area contributed by atoms with Crippen LogP contribution in [-0.4, -0.2) is 20.7 Å². The molecule has 5 heteroatoms. The van der Waals surface area contributed by atoms with Gasteiger partial charge in [0.15, 0.2) is 5.65 Å². The lowest BCUT2D eigenvalue weighted by Gasteiger charge is -2.10. The summed E-state index contributed by atoms with van der Waals surface area (Å²) >= 11 is 0. The maximum absolute atomic E-state index is 12.4. The van der Waals surface area contributed by atoms with Crippen molar-refractivity contribution >= 4 is 17.0 Å². The number of aryl methyl sites for hydroxylation is 2. The zero-order valence-corrected chi connectivity index (χ0v) is 14.4. The molecule has 0 bridgehead atoms. The van der Waals surface area contributed by atoms with Gasteiger partial charge in [0.1, 0.15) is 6.61 Å². The quantitative estimate of drug-likeness (QED) is 0.681. The molecule has 0 saturated carbocycles. The van der Waals surface area contributed by atoms with Gasteiger partial charge < -0.3 is 4.74 Å². The summed E-state index contributed by atoms with van der Waals surface area (Å²) in [6.07, 6.45) is 1.74. The molecule has 124 valence electrons. The molecule has 2 aromatic heterocycles. The van der Waals surface area contributed by atoms with Crippen LogP contribution in [0.15, 0.2) is 36.5 Å². The van der Waals surface area contributed by atoms with E-state index in [4.69, 9.17) is 4.74 Å². The van der Waals surface area contributed by atoms with Gasteiger partial charge in [-0.2, -0.15) is 5.10 Å². The van der Waals surface area contributed by atoms with Gasteiger partial charge in [0.2, 0.25) is 0 Å². The first-order valence-electron chi connectivity index (χ1n) is 8.03. The smallest absolute Gasteiger partial charge is 0.340 e. The fourth-order valence-corrected chi connectivity index (χ4v) is 2.68. The van der Waals surface area contributed by atoms with E-state index in [-0.39, 0.29) is 18.6 Å². The molecule has 0 aliphatic heterocycles. The Labute approximate surface area is 141 Å². The van der Waals surface area contributed by atoms with Crippen LogP contribution in [0.5, 0.6) is 0 Å². The van der Waals surface area contributed by atoms with Gasteiger partial charge in [0.05, 0.1) is 17.5 Å². The highest BCUT2D eigenvalue weighted by Gasteiger charge is 2.16. The summed E-state index contributed by atoms with van der Waals surface area (Å²) in [7, 11) is 0. The molecular formula is C19H21N3O2. The van der Waals surface area contributed by atoms with E-state index in [9.17, 15) is 4.79 Å². The van der Waals surface area contributed by atoms with Gasteiger partial charge >= 0.3 is 5.97 Å². The maximum Gasteiger partial charge on any atom is 0.340 e. The van der Waals surface area contributed by atoms with Crippen LogP contribution in [0.2, 0.25) is 0 Å². The number of hydrogen-bond donors (Lipinski definition) is 0. The van der Waals surface area contributed by atoms with Crippen molar-refractivity contribution in [1.29, 1.82) is 0 Å². The van der Waals surface area contributed by atoms with Gasteiger partial charge in [-0.1, -0.05) is 29.8 Å². The number of carbonyl (C=O) groups excluding carboxylic acids is 1. The molecule has 0 unspecified atom stereocenters. The first-order chi connectivity index (χ1) is 11.5. The highest BCUT2D eigenvalue weighted by atomic mass is 16.5. The lowest BCUT2D eigenvalue weighted by molar-refractivity contribution is 0.0471. The Morgan fingerprint density at radius 2 is 2.04 bits per heavy atom. The molecule has 0 aliphatic rings. The van der Waals surface area contributed by atoms with Crippen LogP contribution in [-0.2, 0) is 11.3 Å². The minimum Gasteiger partial charge on any atom is -0.457 e. The van der Waals surface area contributed by atoms with Crippen molar-refractivity contribution in [3.05, 3.63) is 58.9 Å². The predicted molar refractivity (Wildman–Crippen MR) is 92.9 cm³/mol. The topological polar surface area (TPSA) is 57.0 Å². The van der Waals surface area contributed by atoms with Gasteiger partial charge in [-0.05, 0) is 39.3 Å². The van der Waals surface area contributed by atoms with E-state index in [2.05, 4.69) is 10.1 Å². The van der Waals surface area contributed by atoms with Crippen molar-refractivity contribution in [1.82, 2.24) is 14.8 Å². The first kappa shape index (κ1) is 16.2. The number of nitrogens with zero attached hydrogens (tertiary/aromatic N) is 3. The molecule has 0 atom stereocenters. The van der Waals surface area contributed by atoms with Crippen LogP contribution < -0.4 is 0 Å². The van der Waals surface area contributed by atoms with Crippen molar-refractivity contribution in [2.75, 3.05) is 0 Å². The Morgan fingerprint density at radius 3 is 2.75 bits per heavy atom. The molecule has 5 nitrogen and oxygen atoms in total. The Balaban J connectivity index is 1.83. The number of hydrogen-bond acceptors (Lipinski definition) is 4. The average Bonchev–Trinajstić information content (AvgIpc) is 2.94. The first-order valence-corrected chi connectivity index (χ1v) is 8.03. The summed E-state index contributed by atoms with van der Waals surface area (Å²) in [5.74, 6) is -0.360. The third-order valence-corrected chi connectivity index (χ3v) is 3.92. The van der Waals surface area contributed by atoms with Gasteiger partial charge in [-0.3, -0.25) is 0 Å². The van der Waals surface area contributed by atoms with Crippen LogP contribution in [0.4, 0.5) is 0 Å². The second kappa shape index (κ2) is 6.43. The Bertz CT molecular complexity index is 897. The van der Waals surface area contributed by atoms with Gasteiger partial charge in [0, 0.05) is 11.4 Å². The molecule has 0 N–H and O–H groups in total. The lowest BCUT2D eigenvalue weighted by Crippen LogP contribution is -2.10. The Morgan fingerprint density at radius 1 is 1.25 bits per heavy atom. The molecule has 1 aromatic carbocycles. The second-order valence-corrected chi connectivity index (χ2v) is 6.28. The Hall–Kier alpha value is -2.69. The minimum absolute atomic E-state index is 0.216. The van der Waals surface area contributed by atoms with E-state index >= 15 is 0 Å². The largest absolute Gasteiger partial charge is 0.457 e. The highest BCUT2D eigenvalue weighted by molar-refractivity contribution is 5.94. The molecule has 0 fully saturated rings. The molecule has 3 aromatic rings. The van der Waals surface area contributed by atoms with E-state index < -0.39 is 0 Å². The van der Waals surface area contributed by atoms with E-state index in [0.717, 1.165) is 22.2 Å². The van der Waals surface area contributed by atoms with Gasteiger partial charge in [-0.25, -0.2) is 14.5 Å². The molecule has 2 heterocycles. The standard InChI is InChI=1S/C19H21N3O2/c1-12(2)22-18-16(10-20-22)9-17(14(4)21-18)19(23)24-11-15-7-5-6-13(3)8-15/h5-10,12H,11H2,1-4H3. The second-order valence-electron chi connectivity index (χ2n) is 6.28. The molecule has 0 spiro atoms. The zero-order valence-electron chi connectivity index (χ0n) is 14.4. The molecule has 0 amide bonds. The van der Waals surface area contributed by atoms with E-state index in [1.54, 1.807) is 6.20 Å². The third-order valence-electron chi connectivity index (χ3n) is 3.92. The number of carbonyl (C=O) groups is 1. The van der Waals surface area contributed by atoms with Crippen molar-refractivity contribution in [3.8, 4) is 0 Å². The fourth-order valence-electron chi connectivity index (χ4n) is 2.68. The van der Waals surface area contributed by atoms with Crippen molar-refractivity contribution in [2.45, 2.75) is 40.3 Å². The highest BCUT2D eigenvalue weighted by Crippen LogP contribution is 2.20. The maximum atomic E-state index is 12.4. The number of esters is 1. The molecule has 3 rings (SSSR count). The molecule has 0 aliphatic carbocycles. The number of aromatic nitrogens is 3. The van der Waals surface area contributed by atoms with E-state index in [1.807, 2.05) is 62.7 Å². The summed E-state index contributed by atoms with van der Waals surface area (Å²) in [6.45, 7) is 8.18. The Kier molecular flexibility index (Phi) is 4.34. The lowest BCUT2D eigenvalue weighted by atomic mass is 10.1. The van der Waals surface area contributed by atoms with Crippen LogP contribution in [0, 0.1) is 13.8 Å². The summed E-state index contributed by atoms with van der Waals surface area (Å²) in [6, 6.07) is 9.95. The zero-order chi connectivity index (χ0) is 17.3. The summed E-state index contributed by atoms with van der Waals surface area (Å²) in [4.78, 5) is 17.0. The summed E-state index contributed by atoms with van der Waals surface area (Å²) in [5, 5.41) is 5.19. The molecule has 0 radical (unpaired) electrons. The van der Waals surface area contributed by atoms with Crippen LogP contribution >= 0.6 is 0 Å². The van der Waals surface area contributed by atoms with Crippen molar-refractivity contribution in [2.24, 2.45) is 0 Å². The monoisotopic (exact) mass is 323 g/mol. The summed E-state index contributed by atoms with van der Waals surface area (Å²) < 4.78 is 7.30. The molecule has 0 saturated heterocycles. The van der Waals surface area contributed by atoms with Crippen LogP contribution in [0.25, 0.3) is 11.0 Å². The van der Waals surface area contributed by atoms with E-state index in [1.165, 1.54) is 0 Å². The fraction of sp³-hybridized carbons (Fsp3) is 0.316. The average molecular weight is 323 g/mol. The normalized spacial score (nSPS) is 11.2. The molecular weight excluding hydrogens is 302 g/mol.